The Morgan fingerprint density at radius 3 is 2.64 bits per heavy atom. The molecular weight excluding hydrogens is 306 g/mol. The van der Waals surface area contributed by atoms with E-state index in [1.165, 1.54) is 0 Å². The van der Waals surface area contributed by atoms with Crippen molar-refractivity contribution in [1.82, 2.24) is 9.62 Å². The smallest absolute Gasteiger partial charge is 0.299 e. The predicted octanol–water partition coefficient (Wildman–Crippen LogP) is 0.814. The SMILES string of the molecule is CCNS(=O)(=O)Nc1ccc(C(=O)N2CCOC(C)C2)cc1. The van der Waals surface area contributed by atoms with Gasteiger partial charge in [-0.1, -0.05) is 6.92 Å². The zero-order valence-corrected chi connectivity index (χ0v) is 13.5. The van der Waals surface area contributed by atoms with Gasteiger partial charge in [0.1, 0.15) is 0 Å². The summed E-state index contributed by atoms with van der Waals surface area (Å²) in [5.74, 6) is -0.0729. The lowest BCUT2D eigenvalue weighted by Crippen LogP contribution is -2.44. The van der Waals surface area contributed by atoms with Crippen LogP contribution in [0.2, 0.25) is 0 Å². The number of hydrogen-bond acceptors (Lipinski definition) is 4. The van der Waals surface area contributed by atoms with E-state index in [0.29, 0.717) is 37.5 Å². The molecule has 1 amide bonds. The van der Waals surface area contributed by atoms with Crippen LogP contribution in [0.4, 0.5) is 5.69 Å². The molecular formula is C14H21N3O4S. The molecule has 2 rings (SSSR count). The molecule has 1 aliphatic heterocycles. The van der Waals surface area contributed by atoms with Crippen LogP contribution in [-0.2, 0) is 14.9 Å². The number of carbonyl (C=O) groups is 1. The van der Waals surface area contributed by atoms with E-state index in [0.717, 1.165) is 0 Å². The number of carbonyl (C=O) groups excluding carboxylic acids is 1. The van der Waals surface area contributed by atoms with Crippen molar-refractivity contribution in [2.45, 2.75) is 20.0 Å². The number of amides is 1. The number of hydrogen-bond donors (Lipinski definition) is 2. The van der Waals surface area contributed by atoms with Crippen molar-refractivity contribution in [3.63, 3.8) is 0 Å². The lowest BCUT2D eigenvalue weighted by molar-refractivity contribution is -0.0124. The molecule has 7 nitrogen and oxygen atoms in total. The molecule has 0 saturated carbocycles. The third kappa shape index (κ3) is 4.43. The largest absolute Gasteiger partial charge is 0.375 e. The van der Waals surface area contributed by atoms with Crippen molar-refractivity contribution in [2.75, 3.05) is 31.0 Å². The number of anilines is 1. The first kappa shape index (κ1) is 16.7. The van der Waals surface area contributed by atoms with Gasteiger partial charge in [0.05, 0.1) is 12.7 Å². The molecule has 1 atom stereocenters. The van der Waals surface area contributed by atoms with Gasteiger partial charge in [0.2, 0.25) is 0 Å². The van der Waals surface area contributed by atoms with Gasteiger partial charge in [0.25, 0.3) is 16.1 Å². The van der Waals surface area contributed by atoms with Crippen LogP contribution in [0.15, 0.2) is 24.3 Å². The first-order valence-corrected chi connectivity index (χ1v) is 8.68. The van der Waals surface area contributed by atoms with Gasteiger partial charge in [-0.25, -0.2) is 0 Å². The number of nitrogens with zero attached hydrogens (tertiary/aromatic N) is 1. The van der Waals surface area contributed by atoms with Crippen LogP contribution >= 0.6 is 0 Å². The molecule has 1 aliphatic rings. The lowest BCUT2D eigenvalue weighted by atomic mass is 10.1. The summed E-state index contributed by atoms with van der Waals surface area (Å²) in [6, 6.07) is 6.39. The minimum atomic E-state index is -3.56. The fourth-order valence-corrected chi connectivity index (χ4v) is 3.15. The van der Waals surface area contributed by atoms with Crippen LogP contribution in [0.1, 0.15) is 24.2 Å². The Kier molecular flexibility index (Phi) is 5.38. The van der Waals surface area contributed by atoms with Crippen LogP contribution in [0, 0.1) is 0 Å². The summed E-state index contributed by atoms with van der Waals surface area (Å²) in [6.07, 6.45) is 0.0314. The van der Waals surface area contributed by atoms with Gasteiger partial charge in [-0.2, -0.15) is 13.1 Å². The fraction of sp³-hybridized carbons (Fsp3) is 0.500. The maximum atomic E-state index is 12.4. The van der Waals surface area contributed by atoms with E-state index in [2.05, 4.69) is 9.44 Å². The number of rotatable bonds is 5. The highest BCUT2D eigenvalue weighted by Crippen LogP contribution is 2.14. The Labute approximate surface area is 130 Å². The second-order valence-electron chi connectivity index (χ2n) is 5.11. The molecule has 1 saturated heterocycles. The molecule has 0 aromatic heterocycles. The average Bonchev–Trinajstić information content (AvgIpc) is 2.47. The Balaban J connectivity index is 2.03. The van der Waals surface area contributed by atoms with Crippen molar-refractivity contribution >= 4 is 21.8 Å². The summed E-state index contributed by atoms with van der Waals surface area (Å²) in [5.41, 5.74) is 0.938. The van der Waals surface area contributed by atoms with Crippen LogP contribution in [0.25, 0.3) is 0 Å². The van der Waals surface area contributed by atoms with E-state index in [-0.39, 0.29) is 12.0 Å². The van der Waals surface area contributed by atoms with Crippen molar-refractivity contribution in [2.24, 2.45) is 0 Å². The van der Waals surface area contributed by atoms with Crippen LogP contribution < -0.4 is 9.44 Å². The van der Waals surface area contributed by atoms with Gasteiger partial charge in [-0.15, -0.1) is 0 Å². The maximum Gasteiger partial charge on any atom is 0.299 e. The van der Waals surface area contributed by atoms with Crippen LogP contribution in [-0.4, -0.2) is 51.6 Å². The summed E-state index contributed by atoms with van der Waals surface area (Å²) in [7, 11) is -3.56. The predicted molar refractivity (Wildman–Crippen MR) is 84.0 cm³/mol. The molecule has 1 fully saturated rings. The molecule has 0 radical (unpaired) electrons. The first-order chi connectivity index (χ1) is 10.4. The Morgan fingerprint density at radius 2 is 2.05 bits per heavy atom. The molecule has 1 unspecified atom stereocenters. The summed E-state index contributed by atoms with van der Waals surface area (Å²) in [6.45, 7) is 5.60. The molecule has 122 valence electrons. The molecule has 1 heterocycles. The van der Waals surface area contributed by atoms with E-state index in [1.54, 1.807) is 36.1 Å². The van der Waals surface area contributed by atoms with Gasteiger partial charge in [-0.3, -0.25) is 9.52 Å². The van der Waals surface area contributed by atoms with Crippen LogP contribution in [0.3, 0.4) is 0 Å². The Morgan fingerprint density at radius 1 is 1.36 bits per heavy atom. The van der Waals surface area contributed by atoms with Gasteiger partial charge in [0, 0.05) is 30.9 Å². The normalized spacial score (nSPS) is 19.0. The number of morpholine rings is 1. The summed E-state index contributed by atoms with van der Waals surface area (Å²) >= 11 is 0. The third-order valence-corrected chi connectivity index (χ3v) is 4.42. The van der Waals surface area contributed by atoms with Crippen LogP contribution in [0.5, 0.6) is 0 Å². The molecule has 1 aromatic carbocycles. The van der Waals surface area contributed by atoms with Gasteiger partial charge in [0.15, 0.2) is 0 Å². The van der Waals surface area contributed by atoms with Gasteiger partial charge >= 0.3 is 0 Å². The number of ether oxygens (including phenoxy) is 1. The molecule has 0 aliphatic carbocycles. The minimum absolute atomic E-state index is 0.0314. The van der Waals surface area contributed by atoms with E-state index in [9.17, 15) is 13.2 Å². The Hall–Kier alpha value is -1.64. The molecule has 8 heteroatoms. The van der Waals surface area contributed by atoms with Crippen molar-refractivity contribution in [1.29, 1.82) is 0 Å². The second-order valence-corrected chi connectivity index (χ2v) is 6.61. The summed E-state index contributed by atoms with van der Waals surface area (Å²) < 4.78 is 33.3. The van der Waals surface area contributed by atoms with Gasteiger partial charge < -0.3 is 9.64 Å². The Bertz CT molecular complexity index is 615. The van der Waals surface area contributed by atoms with Crippen molar-refractivity contribution in [3.8, 4) is 0 Å². The standard InChI is InChI=1S/C14H21N3O4S/c1-3-15-22(19,20)16-13-6-4-12(5-7-13)14(18)17-8-9-21-11(2)10-17/h4-7,11,15-16H,3,8-10H2,1-2H3. The maximum absolute atomic E-state index is 12.4. The highest BCUT2D eigenvalue weighted by atomic mass is 32.2. The first-order valence-electron chi connectivity index (χ1n) is 7.19. The summed E-state index contributed by atoms with van der Waals surface area (Å²) in [5, 5.41) is 0. The average molecular weight is 327 g/mol. The van der Waals surface area contributed by atoms with Crippen molar-refractivity contribution in [3.05, 3.63) is 29.8 Å². The molecule has 0 bridgehead atoms. The van der Waals surface area contributed by atoms with Crippen molar-refractivity contribution < 1.29 is 17.9 Å². The van der Waals surface area contributed by atoms with E-state index >= 15 is 0 Å². The summed E-state index contributed by atoms with van der Waals surface area (Å²) in [4.78, 5) is 14.1. The van der Waals surface area contributed by atoms with Gasteiger partial charge in [-0.05, 0) is 31.2 Å². The van der Waals surface area contributed by atoms with E-state index < -0.39 is 10.2 Å². The molecule has 1 aromatic rings. The molecule has 2 N–H and O–H groups in total. The topological polar surface area (TPSA) is 87.7 Å². The second kappa shape index (κ2) is 7.08. The highest BCUT2D eigenvalue weighted by Gasteiger charge is 2.22. The highest BCUT2D eigenvalue weighted by molar-refractivity contribution is 7.90. The minimum Gasteiger partial charge on any atom is -0.375 e. The zero-order valence-electron chi connectivity index (χ0n) is 12.7. The van der Waals surface area contributed by atoms with E-state index in [1.807, 2.05) is 6.92 Å². The number of benzene rings is 1. The molecule has 0 spiro atoms. The van der Waals surface area contributed by atoms with E-state index in [4.69, 9.17) is 4.74 Å². The third-order valence-electron chi connectivity index (χ3n) is 3.25. The monoisotopic (exact) mass is 327 g/mol. The molecule has 22 heavy (non-hydrogen) atoms. The lowest BCUT2D eigenvalue weighted by Gasteiger charge is -2.31. The number of nitrogens with one attached hydrogen (secondary N) is 2. The zero-order chi connectivity index (χ0) is 16.2. The fourth-order valence-electron chi connectivity index (χ4n) is 2.25. The quantitative estimate of drug-likeness (QED) is 0.838.